The van der Waals surface area contributed by atoms with Crippen LogP contribution in [0.15, 0.2) is 24.5 Å². The number of carbonyl (C=O) groups is 1. The van der Waals surface area contributed by atoms with Crippen LogP contribution in [0.4, 0.5) is 4.39 Å². The maximum absolute atomic E-state index is 13.8. The predicted octanol–water partition coefficient (Wildman–Crippen LogP) is 3.35. The van der Waals surface area contributed by atoms with Crippen molar-refractivity contribution in [1.29, 1.82) is 0 Å². The summed E-state index contributed by atoms with van der Waals surface area (Å²) in [7, 11) is 1.81. The Bertz CT molecular complexity index is 997. The maximum atomic E-state index is 13.8. The highest BCUT2D eigenvalue weighted by Gasteiger charge is 2.36. The summed E-state index contributed by atoms with van der Waals surface area (Å²) in [6.07, 6.45) is 5.02. The third kappa shape index (κ3) is 3.03. The minimum atomic E-state index is -0.490. The molecule has 0 bridgehead atoms. The smallest absolute Gasteiger partial charge is 0.272 e. The van der Waals surface area contributed by atoms with Gasteiger partial charge in [-0.1, -0.05) is 11.6 Å². The summed E-state index contributed by atoms with van der Waals surface area (Å²) in [6, 6.07) is 2.60. The molecule has 1 amide bonds. The van der Waals surface area contributed by atoms with Gasteiger partial charge in [0.25, 0.3) is 5.91 Å². The lowest BCUT2D eigenvalue weighted by atomic mass is 10.1. The zero-order chi connectivity index (χ0) is 18.4. The van der Waals surface area contributed by atoms with Crippen molar-refractivity contribution >= 4 is 28.5 Å². The van der Waals surface area contributed by atoms with Gasteiger partial charge in [-0.25, -0.2) is 14.4 Å². The van der Waals surface area contributed by atoms with Gasteiger partial charge in [-0.05, 0) is 31.7 Å². The van der Waals surface area contributed by atoms with Gasteiger partial charge in [0, 0.05) is 19.3 Å². The number of halogens is 2. The summed E-state index contributed by atoms with van der Waals surface area (Å²) in [5.41, 5.74) is 2.24. The normalized spacial score (nSPS) is 15.2. The first-order valence-electron chi connectivity index (χ1n) is 8.35. The molecule has 2 heterocycles. The van der Waals surface area contributed by atoms with Crippen molar-refractivity contribution in [3.05, 3.63) is 52.6 Å². The average Bonchev–Trinajstić information content (AvgIpc) is 3.41. The monoisotopic (exact) mass is 373 g/mol. The number of imidazole rings is 1. The van der Waals surface area contributed by atoms with E-state index < -0.39 is 5.82 Å². The molecular formula is C18H17ClFN5O. The number of carbonyl (C=O) groups excluding carboxylic acids is 1. The van der Waals surface area contributed by atoms with Crippen LogP contribution in [0.1, 0.15) is 40.9 Å². The zero-order valence-electron chi connectivity index (χ0n) is 14.3. The van der Waals surface area contributed by atoms with Crippen LogP contribution in [0.25, 0.3) is 11.0 Å². The van der Waals surface area contributed by atoms with E-state index in [2.05, 4.69) is 20.3 Å². The molecule has 2 aromatic heterocycles. The molecule has 1 N–H and O–H groups in total. The topological polar surface area (TPSA) is 72.7 Å². The molecule has 0 unspecified atom stereocenters. The fraction of sp³-hybridized carbons (Fsp3) is 0.333. The average molecular weight is 374 g/mol. The van der Waals surface area contributed by atoms with E-state index >= 15 is 0 Å². The standard InChI is InChI=1S/C18H17ClFN5O/c1-9-7-22-14(8-21-9)18(26)24-16(10-3-4-10)17-23-13-5-11(19)12(20)6-15(13)25(17)2/h5-8,10,16H,3-4H2,1-2H3,(H,24,26)/t16-/m0/s1. The first-order valence-corrected chi connectivity index (χ1v) is 8.72. The molecule has 134 valence electrons. The van der Waals surface area contributed by atoms with E-state index in [0.717, 1.165) is 18.5 Å². The van der Waals surface area contributed by atoms with Gasteiger partial charge in [-0.2, -0.15) is 0 Å². The second kappa shape index (κ2) is 6.32. The van der Waals surface area contributed by atoms with Crippen molar-refractivity contribution in [3.63, 3.8) is 0 Å². The van der Waals surface area contributed by atoms with E-state index in [1.807, 2.05) is 14.0 Å². The SMILES string of the molecule is Cc1cnc(C(=O)N[C@H](c2nc3cc(Cl)c(F)cc3n2C)C2CC2)cn1. The molecule has 4 rings (SSSR count). The van der Waals surface area contributed by atoms with Gasteiger partial charge >= 0.3 is 0 Å². The largest absolute Gasteiger partial charge is 0.340 e. The maximum Gasteiger partial charge on any atom is 0.272 e. The summed E-state index contributed by atoms with van der Waals surface area (Å²) >= 11 is 5.87. The number of hydrogen-bond donors (Lipinski definition) is 1. The zero-order valence-corrected chi connectivity index (χ0v) is 15.1. The number of fused-ring (bicyclic) bond motifs is 1. The fourth-order valence-electron chi connectivity index (χ4n) is 3.03. The highest BCUT2D eigenvalue weighted by Crippen LogP contribution is 2.41. The van der Waals surface area contributed by atoms with Gasteiger partial charge in [-0.3, -0.25) is 9.78 Å². The van der Waals surface area contributed by atoms with E-state index in [-0.39, 0.29) is 22.7 Å². The highest BCUT2D eigenvalue weighted by atomic mass is 35.5. The summed E-state index contributed by atoms with van der Waals surface area (Å²) in [5.74, 6) is 0.187. The van der Waals surface area contributed by atoms with Crippen molar-refractivity contribution in [3.8, 4) is 0 Å². The Hall–Kier alpha value is -2.54. The quantitative estimate of drug-likeness (QED) is 0.761. The Labute approximate surface area is 154 Å². The van der Waals surface area contributed by atoms with E-state index in [1.165, 1.54) is 18.3 Å². The van der Waals surface area contributed by atoms with E-state index in [9.17, 15) is 9.18 Å². The Kier molecular flexibility index (Phi) is 4.11. The van der Waals surface area contributed by atoms with E-state index in [1.54, 1.807) is 10.8 Å². The molecule has 1 aromatic carbocycles. The molecule has 1 atom stereocenters. The lowest BCUT2D eigenvalue weighted by molar-refractivity contribution is 0.0923. The molecule has 6 nitrogen and oxygen atoms in total. The molecule has 0 saturated heterocycles. The van der Waals surface area contributed by atoms with Crippen LogP contribution < -0.4 is 5.32 Å². The van der Waals surface area contributed by atoms with Gasteiger partial charge in [0.15, 0.2) is 0 Å². The van der Waals surface area contributed by atoms with Crippen LogP contribution >= 0.6 is 11.6 Å². The molecule has 1 fully saturated rings. The Morgan fingerprint density at radius 1 is 1.35 bits per heavy atom. The van der Waals surface area contributed by atoms with Crippen LogP contribution in [0.3, 0.4) is 0 Å². The number of hydrogen-bond acceptors (Lipinski definition) is 4. The number of rotatable bonds is 4. The number of aromatic nitrogens is 4. The third-order valence-electron chi connectivity index (χ3n) is 4.63. The second-order valence-electron chi connectivity index (χ2n) is 6.62. The van der Waals surface area contributed by atoms with Crippen molar-refractivity contribution in [2.75, 3.05) is 0 Å². The number of benzene rings is 1. The molecule has 1 aliphatic rings. The van der Waals surface area contributed by atoms with Crippen LogP contribution in [-0.2, 0) is 7.05 Å². The van der Waals surface area contributed by atoms with Gasteiger partial charge in [0.05, 0.1) is 34.0 Å². The third-order valence-corrected chi connectivity index (χ3v) is 4.92. The highest BCUT2D eigenvalue weighted by molar-refractivity contribution is 6.31. The van der Waals surface area contributed by atoms with Crippen LogP contribution in [0, 0.1) is 18.7 Å². The van der Waals surface area contributed by atoms with Gasteiger partial charge in [-0.15, -0.1) is 0 Å². The molecule has 1 aliphatic carbocycles. The lowest BCUT2D eigenvalue weighted by Gasteiger charge is -2.18. The fourth-order valence-corrected chi connectivity index (χ4v) is 3.19. The minimum Gasteiger partial charge on any atom is -0.340 e. The van der Waals surface area contributed by atoms with Gasteiger partial charge < -0.3 is 9.88 Å². The van der Waals surface area contributed by atoms with Gasteiger partial charge in [0.1, 0.15) is 17.3 Å². The molecular weight excluding hydrogens is 357 g/mol. The molecule has 0 aliphatic heterocycles. The molecule has 26 heavy (non-hydrogen) atoms. The van der Waals surface area contributed by atoms with Crippen molar-refractivity contribution in [2.24, 2.45) is 13.0 Å². The predicted molar refractivity (Wildman–Crippen MR) is 95.4 cm³/mol. The van der Waals surface area contributed by atoms with E-state index in [0.29, 0.717) is 22.8 Å². The lowest BCUT2D eigenvalue weighted by Crippen LogP contribution is -2.32. The molecule has 0 radical (unpaired) electrons. The number of aryl methyl sites for hydroxylation is 2. The summed E-state index contributed by atoms with van der Waals surface area (Å²) in [6.45, 7) is 1.81. The van der Waals surface area contributed by atoms with Crippen LogP contribution in [0.2, 0.25) is 5.02 Å². The molecule has 8 heteroatoms. The first-order chi connectivity index (χ1) is 12.4. The second-order valence-corrected chi connectivity index (χ2v) is 7.02. The minimum absolute atomic E-state index is 0.0316. The summed E-state index contributed by atoms with van der Waals surface area (Å²) in [4.78, 5) is 25.4. The van der Waals surface area contributed by atoms with Crippen molar-refractivity contribution in [2.45, 2.75) is 25.8 Å². The number of amides is 1. The Morgan fingerprint density at radius 2 is 2.12 bits per heavy atom. The Morgan fingerprint density at radius 3 is 2.77 bits per heavy atom. The molecule has 3 aromatic rings. The molecule has 0 spiro atoms. The van der Waals surface area contributed by atoms with Crippen LogP contribution in [0.5, 0.6) is 0 Å². The Balaban J connectivity index is 1.69. The number of nitrogens with one attached hydrogen (secondary N) is 1. The van der Waals surface area contributed by atoms with E-state index in [4.69, 9.17) is 11.6 Å². The van der Waals surface area contributed by atoms with Gasteiger partial charge in [0.2, 0.25) is 0 Å². The number of nitrogens with zero attached hydrogens (tertiary/aromatic N) is 4. The first kappa shape index (κ1) is 16.9. The van der Waals surface area contributed by atoms with Crippen molar-refractivity contribution in [1.82, 2.24) is 24.8 Å². The summed E-state index contributed by atoms with van der Waals surface area (Å²) in [5, 5.41) is 3.04. The summed E-state index contributed by atoms with van der Waals surface area (Å²) < 4.78 is 15.6. The van der Waals surface area contributed by atoms with Crippen LogP contribution in [-0.4, -0.2) is 25.4 Å². The van der Waals surface area contributed by atoms with Crippen molar-refractivity contribution < 1.29 is 9.18 Å². The molecule has 1 saturated carbocycles.